The van der Waals surface area contributed by atoms with Crippen LogP contribution >= 0.6 is 0 Å². The molecule has 0 amide bonds. The lowest BCUT2D eigenvalue weighted by molar-refractivity contribution is 0.961. The third-order valence-electron chi connectivity index (χ3n) is 2.61. The second-order valence-corrected chi connectivity index (χ2v) is 3.90. The van der Waals surface area contributed by atoms with Gasteiger partial charge in [0.1, 0.15) is 5.82 Å². The summed E-state index contributed by atoms with van der Waals surface area (Å²) < 4.78 is 1.93. The van der Waals surface area contributed by atoms with Crippen LogP contribution in [0.4, 0.5) is 0 Å². The van der Waals surface area contributed by atoms with E-state index in [1.54, 1.807) is 12.4 Å². The highest BCUT2D eigenvalue weighted by Gasteiger charge is 2.10. The minimum Gasteiger partial charge on any atom is -0.264 e. The molecule has 0 aromatic carbocycles. The fraction of sp³-hybridized carbons (Fsp3) is 0.167. The minimum atomic E-state index is 0.776. The van der Waals surface area contributed by atoms with Crippen molar-refractivity contribution in [2.24, 2.45) is 0 Å². The van der Waals surface area contributed by atoms with Crippen LogP contribution < -0.4 is 0 Å². The Balaban J connectivity index is 2.32. The molecular formula is C12H11N5. The van der Waals surface area contributed by atoms with Crippen molar-refractivity contribution in [1.82, 2.24) is 24.6 Å². The first-order chi connectivity index (χ1) is 8.25. The maximum absolute atomic E-state index is 4.42. The number of hydrogen-bond acceptors (Lipinski definition) is 4. The lowest BCUT2D eigenvalue weighted by atomic mass is 10.2. The summed E-state index contributed by atoms with van der Waals surface area (Å²) in [6.07, 6.45) is 3.51. The van der Waals surface area contributed by atoms with E-state index in [0.717, 1.165) is 28.6 Å². The Bertz CT molecular complexity index is 672. The Labute approximate surface area is 98.2 Å². The second kappa shape index (κ2) is 3.62. The number of nitrogens with zero attached hydrogens (tertiary/aromatic N) is 5. The second-order valence-electron chi connectivity index (χ2n) is 3.90. The van der Waals surface area contributed by atoms with Crippen LogP contribution in [0.2, 0.25) is 0 Å². The molecule has 5 nitrogen and oxygen atoms in total. The maximum atomic E-state index is 4.42. The molecule has 0 aliphatic rings. The van der Waals surface area contributed by atoms with Crippen LogP contribution in [-0.4, -0.2) is 24.6 Å². The Morgan fingerprint density at radius 1 is 1.18 bits per heavy atom. The minimum absolute atomic E-state index is 0.776. The van der Waals surface area contributed by atoms with E-state index in [0.29, 0.717) is 0 Å². The summed E-state index contributed by atoms with van der Waals surface area (Å²) in [4.78, 5) is 8.52. The number of fused-ring (bicyclic) bond motifs is 1. The van der Waals surface area contributed by atoms with Gasteiger partial charge in [0.05, 0.1) is 0 Å². The first-order valence-electron chi connectivity index (χ1n) is 5.35. The molecule has 0 saturated heterocycles. The number of rotatable bonds is 1. The van der Waals surface area contributed by atoms with Crippen LogP contribution in [0.25, 0.3) is 17.0 Å². The van der Waals surface area contributed by atoms with E-state index >= 15 is 0 Å². The molecule has 3 aromatic rings. The van der Waals surface area contributed by atoms with Crippen molar-refractivity contribution in [3.8, 4) is 11.4 Å². The molecule has 3 rings (SSSR count). The topological polar surface area (TPSA) is 56.0 Å². The van der Waals surface area contributed by atoms with Gasteiger partial charge >= 0.3 is 0 Å². The van der Waals surface area contributed by atoms with Crippen LogP contribution in [0.1, 0.15) is 11.5 Å². The van der Waals surface area contributed by atoms with Gasteiger partial charge in [0.2, 0.25) is 0 Å². The monoisotopic (exact) mass is 225 g/mol. The molecule has 84 valence electrons. The molecule has 5 heteroatoms. The Kier molecular flexibility index (Phi) is 2.11. The Morgan fingerprint density at radius 3 is 2.82 bits per heavy atom. The third kappa shape index (κ3) is 1.56. The zero-order valence-electron chi connectivity index (χ0n) is 9.62. The molecule has 3 heterocycles. The molecule has 0 spiro atoms. The van der Waals surface area contributed by atoms with Gasteiger partial charge in [-0.25, -0.2) is 4.98 Å². The summed E-state index contributed by atoms with van der Waals surface area (Å²) in [5.74, 6) is 1.65. The Hall–Kier alpha value is -2.30. The van der Waals surface area contributed by atoms with E-state index in [1.165, 1.54) is 0 Å². The quantitative estimate of drug-likeness (QED) is 0.633. The summed E-state index contributed by atoms with van der Waals surface area (Å²) in [7, 11) is 0. The molecule has 0 fully saturated rings. The van der Waals surface area contributed by atoms with Crippen LogP contribution in [-0.2, 0) is 0 Å². The average molecular weight is 225 g/mol. The molecule has 0 aliphatic heterocycles. The van der Waals surface area contributed by atoms with Gasteiger partial charge in [-0.2, -0.15) is 0 Å². The van der Waals surface area contributed by atoms with E-state index in [2.05, 4.69) is 20.2 Å². The van der Waals surface area contributed by atoms with Crippen LogP contribution in [0.15, 0.2) is 30.6 Å². The zero-order chi connectivity index (χ0) is 11.8. The standard InChI is InChI=1S/C12H11N5/c1-8-6-11-15-16-12(17(11)9(2)14-8)10-4-3-5-13-7-10/h3-7H,1-2H3. The van der Waals surface area contributed by atoms with E-state index in [4.69, 9.17) is 0 Å². The van der Waals surface area contributed by atoms with Crippen molar-refractivity contribution in [2.75, 3.05) is 0 Å². The number of hydrogen-bond donors (Lipinski definition) is 0. The van der Waals surface area contributed by atoms with E-state index in [-0.39, 0.29) is 0 Å². The van der Waals surface area contributed by atoms with E-state index in [1.807, 2.05) is 36.4 Å². The lowest BCUT2D eigenvalue weighted by Gasteiger charge is -2.03. The third-order valence-corrected chi connectivity index (χ3v) is 2.61. The highest BCUT2D eigenvalue weighted by molar-refractivity contribution is 5.58. The van der Waals surface area contributed by atoms with Gasteiger partial charge in [0, 0.05) is 29.7 Å². The van der Waals surface area contributed by atoms with Gasteiger partial charge in [-0.15, -0.1) is 10.2 Å². The van der Waals surface area contributed by atoms with Crippen molar-refractivity contribution in [3.63, 3.8) is 0 Å². The van der Waals surface area contributed by atoms with Gasteiger partial charge in [0.15, 0.2) is 11.5 Å². The SMILES string of the molecule is Cc1cc2nnc(-c3cccnc3)n2c(C)n1. The molecule has 0 radical (unpaired) electrons. The van der Waals surface area contributed by atoms with E-state index in [9.17, 15) is 0 Å². The summed E-state index contributed by atoms with van der Waals surface area (Å²) in [6.45, 7) is 3.90. The van der Waals surface area contributed by atoms with Gasteiger partial charge in [-0.3, -0.25) is 9.38 Å². The summed E-state index contributed by atoms with van der Waals surface area (Å²) in [6, 6.07) is 5.76. The predicted octanol–water partition coefficient (Wildman–Crippen LogP) is 1.80. The van der Waals surface area contributed by atoms with E-state index < -0.39 is 0 Å². The fourth-order valence-corrected chi connectivity index (χ4v) is 1.92. The first-order valence-corrected chi connectivity index (χ1v) is 5.35. The predicted molar refractivity (Wildman–Crippen MR) is 63.5 cm³/mol. The average Bonchev–Trinajstić information content (AvgIpc) is 2.74. The fourth-order valence-electron chi connectivity index (χ4n) is 1.92. The Morgan fingerprint density at radius 2 is 2.06 bits per heavy atom. The number of aryl methyl sites for hydroxylation is 2. The molecule has 0 saturated carbocycles. The summed E-state index contributed by atoms with van der Waals surface area (Å²) in [5.41, 5.74) is 2.70. The first kappa shape index (κ1) is 9.89. The van der Waals surface area contributed by atoms with Crippen LogP contribution in [0.5, 0.6) is 0 Å². The smallest absolute Gasteiger partial charge is 0.171 e. The summed E-state index contributed by atoms with van der Waals surface area (Å²) in [5, 5.41) is 8.36. The van der Waals surface area contributed by atoms with Gasteiger partial charge < -0.3 is 0 Å². The highest BCUT2D eigenvalue weighted by Crippen LogP contribution is 2.18. The van der Waals surface area contributed by atoms with Crippen molar-refractivity contribution in [1.29, 1.82) is 0 Å². The normalized spacial score (nSPS) is 10.9. The van der Waals surface area contributed by atoms with Crippen LogP contribution in [0, 0.1) is 13.8 Å². The lowest BCUT2D eigenvalue weighted by Crippen LogP contribution is -1.99. The summed E-state index contributed by atoms with van der Waals surface area (Å²) >= 11 is 0. The molecule has 3 aromatic heterocycles. The largest absolute Gasteiger partial charge is 0.264 e. The van der Waals surface area contributed by atoms with Crippen molar-refractivity contribution < 1.29 is 0 Å². The number of aromatic nitrogens is 5. The van der Waals surface area contributed by atoms with Gasteiger partial charge in [-0.1, -0.05) is 0 Å². The number of pyridine rings is 1. The zero-order valence-corrected chi connectivity index (χ0v) is 9.62. The van der Waals surface area contributed by atoms with Crippen molar-refractivity contribution in [2.45, 2.75) is 13.8 Å². The molecule has 0 N–H and O–H groups in total. The highest BCUT2D eigenvalue weighted by atomic mass is 15.3. The molecule has 0 atom stereocenters. The maximum Gasteiger partial charge on any atom is 0.171 e. The van der Waals surface area contributed by atoms with Gasteiger partial charge in [-0.05, 0) is 26.0 Å². The molecular weight excluding hydrogens is 214 g/mol. The molecule has 17 heavy (non-hydrogen) atoms. The van der Waals surface area contributed by atoms with Crippen molar-refractivity contribution in [3.05, 3.63) is 42.1 Å². The van der Waals surface area contributed by atoms with Crippen molar-refractivity contribution >= 4 is 5.65 Å². The molecule has 0 aliphatic carbocycles. The van der Waals surface area contributed by atoms with Gasteiger partial charge in [0.25, 0.3) is 0 Å². The van der Waals surface area contributed by atoms with Crippen LogP contribution in [0.3, 0.4) is 0 Å². The molecule has 0 bridgehead atoms. The molecule has 0 unspecified atom stereocenters.